The Hall–Kier alpha value is -3.77. The molecule has 3 heterocycles. The topological polar surface area (TPSA) is 92.5 Å². The molecule has 0 atom stereocenters. The van der Waals surface area contributed by atoms with Crippen LogP contribution in [0.3, 0.4) is 0 Å². The van der Waals surface area contributed by atoms with Crippen LogP contribution in [0, 0.1) is 6.92 Å². The van der Waals surface area contributed by atoms with Crippen molar-refractivity contribution >= 4 is 27.8 Å². The van der Waals surface area contributed by atoms with Gasteiger partial charge < -0.3 is 14.9 Å². The molecule has 0 amide bonds. The van der Waals surface area contributed by atoms with E-state index in [0.29, 0.717) is 6.61 Å². The third-order valence-electron chi connectivity index (χ3n) is 6.15. The number of aromatic nitrogens is 2. The summed E-state index contributed by atoms with van der Waals surface area (Å²) in [5, 5.41) is 20.1. The zero-order chi connectivity index (χ0) is 26.7. The fourth-order valence-electron chi connectivity index (χ4n) is 4.67. The van der Waals surface area contributed by atoms with E-state index in [4.69, 9.17) is 19.8 Å². The summed E-state index contributed by atoms with van der Waals surface area (Å²) in [5.41, 5.74) is 6.94. The van der Waals surface area contributed by atoms with Gasteiger partial charge in [-0.25, -0.2) is 0 Å². The predicted molar refractivity (Wildman–Crippen MR) is 148 cm³/mol. The maximum atomic E-state index is 11.8. The number of carbonyl (C=O) groups is 1. The second-order valence-electron chi connectivity index (χ2n) is 10.4. The van der Waals surface area contributed by atoms with E-state index in [9.17, 15) is 9.90 Å². The number of aryl methyl sites for hydroxylation is 2. The fraction of sp³-hybridized carbons (Fsp3) is 0.323. The summed E-state index contributed by atoms with van der Waals surface area (Å²) in [7, 11) is 0. The van der Waals surface area contributed by atoms with E-state index >= 15 is 0 Å². The number of benzene rings is 2. The molecule has 37 heavy (non-hydrogen) atoms. The maximum absolute atomic E-state index is 11.8. The molecule has 2 aromatic heterocycles. The third kappa shape index (κ3) is 5.97. The lowest BCUT2D eigenvalue weighted by molar-refractivity contribution is -0.136. The average Bonchev–Trinajstić information content (AvgIpc) is 2.83. The summed E-state index contributed by atoms with van der Waals surface area (Å²) in [6.45, 7) is 11.6. The lowest BCUT2D eigenvalue weighted by atomic mass is 9.87. The highest BCUT2D eigenvalue weighted by Crippen LogP contribution is 2.42. The van der Waals surface area contributed by atoms with Crippen LogP contribution in [0.5, 0.6) is 5.75 Å². The predicted octanol–water partition coefficient (Wildman–Crippen LogP) is 6.22. The van der Waals surface area contributed by atoms with Crippen LogP contribution in [0.25, 0.3) is 32.9 Å². The van der Waals surface area contributed by atoms with Crippen molar-refractivity contribution in [3.63, 3.8) is 0 Å². The number of fused-ring (bicyclic) bond motifs is 1. The van der Waals surface area contributed by atoms with E-state index in [-0.39, 0.29) is 6.42 Å². The van der Waals surface area contributed by atoms with E-state index in [0.717, 1.165) is 74.8 Å². The van der Waals surface area contributed by atoms with E-state index in [1.54, 1.807) is 20.8 Å². The molecule has 1 aliphatic rings. The number of allylic oxidation sites excluding steroid dienone is 1. The maximum Gasteiger partial charge on any atom is 0.307 e. The zero-order valence-corrected chi connectivity index (χ0v) is 22.0. The van der Waals surface area contributed by atoms with Gasteiger partial charge in [-0.05, 0) is 93.1 Å². The van der Waals surface area contributed by atoms with Crippen LogP contribution in [0.1, 0.15) is 49.6 Å². The summed E-state index contributed by atoms with van der Waals surface area (Å²) < 4.78 is 5.89. The zero-order valence-electron chi connectivity index (χ0n) is 22.0. The quantitative estimate of drug-likeness (QED) is 0.307. The van der Waals surface area contributed by atoms with E-state index in [1.165, 1.54) is 5.56 Å². The minimum atomic E-state index is -0.858. The molecule has 6 heteroatoms. The highest BCUT2D eigenvalue weighted by Gasteiger charge is 2.22. The summed E-state index contributed by atoms with van der Waals surface area (Å²) >= 11 is 0. The standard InChI is InChI=1S/C27H24N2O3.C4H10O/c1-3-4-5-18-6-7-19-22(29-18)14-16(2)21(15-24(30)31)26(19)20-8-9-23-25-17(11-13-32-23)10-12-28-27(20)25;1-4(2,3)5/h3,6-10,12,14H,1,4-5,11,13,15H2,2H3,(H,30,31);5H,1-3H3. The Labute approximate surface area is 217 Å². The first kappa shape index (κ1) is 26.3. The van der Waals surface area contributed by atoms with Crippen molar-refractivity contribution < 1.29 is 19.7 Å². The molecule has 0 aliphatic carbocycles. The Kier molecular flexibility index (Phi) is 7.60. The smallest absolute Gasteiger partial charge is 0.307 e. The minimum Gasteiger partial charge on any atom is -0.493 e. The number of rotatable bonds is 6. The van der Waals surface area contributed by atoms with Crippen molar-refractivity contribution in [2.45, 2.75) is 59.0 Å². The molecule has 2 aromatic carbocycles. The first-order valence-corrected chi connectivity index (χ1v) is 12.6. The molecule has 0 fully saturated rings. The lowest BCUT2D eigenvalue weighted by Crippen LogP contribution is -2.10. The van der Waals surface area contributed by atoms with E-state index < -0.39 is 11.6 Å². The van der Waals surface area contributed by atoms with Crippen LogP contribution < -0.4 is 4.74 Å². The Balaban J connectivity index is 0.000000586. The van der Waals surface area contributed by atoms with Gasteiger partial charge in [-0.2, -0.15) is 0 Å². The minimum absolute atomic E-state index is 0.0608. The van der Waals surface area contributed by atoms with Gasteiger partial charge in [0.25, 0.3) is 0 Å². The second kappa shape index (κ2) is 10.7. The Bertz CT molecular complexity index is 1470. The normalized spacial score (nSPS) is 12.6. The second-order valence-corrected chi connectivity index (χ2v) is 10.4. The van der Waals surface area contributed by atoms with Gasteiger partial charge >= 0.3 is 5.97 Å². The fourth-order valence-corrected chi connectivity index (χ4v) is 4.67. The number of hydrogen-bond donors (Lipinski definition) is 2. The number of carboxylic acid groups (broad SMARTS) is 1. The molecule has 1 aliphatic heterocycles. The molecule has 5 rings (SSSR count). The summed E-state index contributed by atoms with van der Waals surface area (Å²) in [5.74, 6) is -0.0250. The number of pyridine rings is 2. The highest BCUT2D eigenvalue weighted by atomic mass is 16.5. The van der Waals surface area contributed by atoms with Crippen molar-refractivity contribution in [3.05, 3.63) is 77.6 Å². The molecular formula is C31H34N2O4. The molecule has 0 saturated carbocycles. The monoisotopic (exact) mass is 498 g/mol. The van der Waals surface area contributed by atoms with Crippen LogP contribution >= 0.6 is 0 Å². The molecule has 0 unspecified atom stereocenters. The Morgan fingerprint density at radius 2 is 1.95 bits per heavy atom. The Morgan fingerprint density at radius 3 is 2.65 bits per heavy atom. The van der Waals surface area contributed by atoms with Crippen molar-refractivity contribution in [2.75, 3.05) is 6.61 Å². The van der Waals surface area contributed by atoms with Crippen LogP contribution in [0.2, 0.25) is 0 Å². The van der Waals surface area contributed by atoms with Gasteiger partial charge in [-0.15, -0.1) is 6.58 Å². The van der Waals surface area contributed by atoms with Crippen LogP contribution in [-0.4, -0.2) is 38.4 Å². The highest BCUT2D eigenvalue weighted by molar-refractivity contribution is 6.07. The number of carboxylic acids is 1. The molecule has 6 nitrogen and oxygen atoms in total. The summed E-state index contributed by atoms with van der Waals surface area (Å²) in [6, 6.07) is 12.1. The van der Waals surface area contributed by atoms with Crippen LogP contribution in [0.4, 0.5) is 0 Å². The first-order chi connectivity index (χ1) is 17.6. The SMILES string of the molecule is C=CCCc1ccc2c(-c3ccc4c5c(ccnc35)CCO4)c(CC(=O)O)c(C)cc2n1.CC(C)(C)O. The van der Waals surface area contributed by atoms with Gasteiger partial charge in [0.2, 0.25) is 0 Å². The molecule has 0 bridgehead atoms. The largest absolute Gasteiger partial charge is 0.493 e. The van der Waals surface area contributed by atoms with E-state index in [1.807, 2.05) is 49.5 Å². The molecule has 0 saturated heterocycles. The van der Waals surface area contributed by atoms with Gasteiger partial charge in [-0.1, -0.05) is 12.1 Å². The molecular weight excluding hydrogens is 464 g/mol. The van der Waals surface area contributed by atoms with Crippen molar-refractivity contribution in [1.29, 1.82) is 0 Å². The van der Waals surface area contributed by atoms with Gasteiger partial charge in [-0.3, -0.25) is 14.8 Å². The average molecular weight is 499 g/mol. The number of ether oxygens (including phenoxy) is 1. The summed E-state index contributed by atoms with van der Waals surface area (Å²) in [6.07, 6.45) is 6.18. The van der Waals surface area contributed by atoms with E-state index in [2.05, 4.69) is 12.6 Å². The number of hydrogen-bond acceptors (Lipinski definition) is 5. The molecule has 0 radical (unpaired) electrons. The lowest BCUT2D eigenvalue weighted by Gasteiger charge is -2.21. The molecule has 2 N–H and O–H groups in total. The van der Waals surface area contributed by atoms with Gasteiger partial charge in [0.05, 0.1) is 29.7 Å². The molecule has 0 spiro atoms. The van der Waals surface area contributed by atoms with Crippen molar-refractivity contribution in [2.24, 2.45) is 0 Å². The van der Waals surface area contributed by atoms with Crippen molar-refractivity contribution in [3.8, 4) is 16.9 Å². The van der Waals surface area contributed by atoms with Gasteiger partial charge in [0.15, 0.2) is 0 Å². The van der Waals surface area contributed by atoms with Crippen LogP contribution in [0.15, 0.2) is 55.3 Å². The number of nitrogens with zero attached hydrogens (tertiary/aromatic N) is 2. The summed E-state index contributed by atoms with van der Waals surface area (Å²) in [4.78, 5) is 21.4. The van der Waals surface area contributed by atoms with Crippen LogP contribution in [-0.2, 0) is 24.1 Å². The third-order valence-corrected chi connectivity index (χ3v) is 6.15. The molecule has 4 aromatic rings. The molecule has 192 valence electrons. The number of aliphatic carboxylic acids is 1. The Morgan fingerprint density at radius 1 is 1.19 bits per heavy atom. The van der Waals surface area contributed by atoms with Crippen molar-refractivity contribution in [1.82, 2.24) is 9.97 Å². The first-order valence-electron chi connectivity index (χ1n) is 12.6. The van der Waals surface area contributed by atoms with Gasteiger partial charge in [0, 0.05) is 34.6 Å². The van der Waals surface area contributed by atoms with Gasteiger partial charge in [0.1, 0.15) is 5.75 Å². The number of aliphatic hydroxyl groups is 1.